The van der Waals surface area contributed by atoms with Crippen molar-refractivity contribution >= 4 is 11.8 Å². The van der Waals surface area contributed by atoms with Gasteiger partial charge >= 0.3 is 6.09 Å². The molecule has 4 heteroatoms. The Balaban J connectivity index is 2.17. The van der Waals surface area contributed by atoms with Gasteiger partial charge in [0.15, 0.2) is 0 Å². The first-order chi connectivity index (χ1) is 7.70. The third-order valence-corrected chi connectivity index (χ3v) is 2.45. The number of anilines is 1. The van der Waals surface area contributed by atoms with Crippen LogP contribution in [0.4, 0.5) is 10.5 Å². The van der Waals surface area contributed by atoms with E-state index in [2.05, 4.69) is 6.58 Å². The molecule has 0 aliphatic carbocycles. The van der Waals surface area contributed by atoms with Crippen molar-refractivity contribution in [2.75, 3.05) is 18.6 Å². The van der Waals surface area contributed by atoms with E-state index in [4.69, 9.17) is 9.47 Å². The molecule has 0 spiro atoms. The summed E-state index contributed by atoms with van der Waals surface area (Å²) >= 11 is 0. The van der Waals surface area contributed by atoms with Gasteiger partial charge in [0.1, 0.15) is 11.5 Å². The minimum atomic E-state index is -0.374. The maximum atomic E-state index is 11.6. The second-order valence-electron chi connectivity index (χ2n) is 3.51. The molecular formula is C12H13NO3. The highest BCUT2D eigenvalue weighted by Crippen LogP contribution is 2.24. The Hall–Kier alpha value is -1.97. The predicted octanol–water partition coefficient (Wildman–Crippen LogP) is 2.56. The SMILES string of the molecule is C=C1CCN(c2ccc(OC)cc2)C(=O)O1. The molecule has 84 valence electrons. The average Bonchev–Trinajstić information content (AvgIpc) is 2.29. The van der Waals surface area contributed by atoms with Crippen molar-refractivity contribution in [3.05, 3.63) is 36.6 Å². The van der Waals surface area contributed by atoms with Crippen molar-refractivity contribution in [3.8, 4) is 5.75 Å². The maximum Gasteiger partial charge on any atom is 0.419 e. The predicted molar refractivity (Wildman–Crippen MR) is 60.6 cm³/mol. The minimum Gasteiger partial charge on any atom is -0.497 e. The number of methoxy groups -OCH3 is 1. The molecule has 0 bridgehead atoms. The lowest BCUT2D eigenvalue weighted by atomic mass is 10.2. The van der Waals surface area contributed by atoms with Crippen molar-refractivity contribution in [1.29, 1.82) is 0 Å². The molecule has 0 saturated carbocycles. The Kier molecular flexibility index (Phi) is 2.81. The van der Waals surface area contributed by atoms with Gasteiger partial charge in [-0.3, -0.25) is 4.90 Å². The average molecular weight is 219 g/mol. The molecule has 1 aliphatic rings. The number of rotatable bonds is 2. The standard InChI is InChI=1S/C12H13NO3/c1-9-7-8-13(12(14)16-9)10-3-5-11(15-2)6-4-10/h3-6H,1,7-8H2,2H3. The third-order valence-electron chi connectivity index (χ3n) is 2.45. The van der Waals surface area contributed by atoms with Crippen LogP contribution in [0.2, 0.25) is 0 Å². The molecular weight excluding hydrogens is 206 g/mol. The van der Waals surface area contributed by atoms with E-state index in [0.717, 1.165) is 11.4 Å². The van der Waals surface area contributed by atoms with Crippen LogP contribution in [0.25, 0.3) is 0 Å². The summed E-state index contributed by atoms with van der Waals surface area (Å²) in [6.45, 7) is 4.23. The Labute approximate surface area is 94.1 Å². The van der Waals surface area contributed by atoms with Crippen molar-refractivity contribution in [3.63, 3.8) is 0 Å². The Morgan fingerprint density at radius 1 is 1.38 bits per heavy atom. The van der Waals surface area contributed by atoms with E-state index < -0.39 is 0 Å². The maximum absolute atomic E-state index is 11.6. The van der Waals surface area contributed by atoms with Gasteiger partial charge in [-0.15, -0.1) is 0 Å². The van der Waals surface area contributed by atoms with Crippen LogP contribution in [-0.4, -0.2) is 19.7 Å². The second kappa shape index (κ2) is 4.26. The fourth-order valence-corrected chi connectivity index (χ4v) is 1.55. The Morgan fingerprint density at radius 3 is 2.62 bits per heavy atom. The summed E-state index contributed by atoms with van der Waals surface area (Å²) in [6.07, 6.45) is 0.291. The zero-order chi connectivity index (χ0) is 11.5. The Bertz CT molecular complexity index is 411. The van der Waals surface area contributed by atoms with E-state index in [0.29, 0.717) is 18.7 Å². The fourth-order valence-electron chi connectivity index (χ4n) is 1.55. The molecule has 1 aromatic carbocycles. The summed E-state index contributed by atoms with van der Waals surface area (Å²) in [5.41, 5.74) is 0.804. The van der Waals surface area contributed by atoms with Gasteiger partial charge in [0, 0.05) is 18.7 Å². The van der Waals surface area contributed by atoms with Gasteiger partial charge in [0.25, 0.3) is 0 Å². The van der Waals surface area contributed by atoms with Crippen LogP contribution in [0.1, 0.15) is 6.42 Å². The molecule has 1 fully saturated rings. The largest absolute Gasteiger partial charge is 0.497 e. The van der Waals surface area contributed by atoms with Crippen LogP contribution in [0.5, 0.6) is 5.75 Å². The number of amides is 1. The summed E-state index contributed by atoms with van der Waals surface area (Å²) in [4.78, 5) is 13.1. The highest BCUT2D eigenvalue weighted by atomic mass is 16.6. The fraction of sp³-hybridized carbons (Fsp3) is 0.250. The number of ether oxygens (including phenoxy) is 2. The van der Waals surface area contributed by atoms with Gasteiger partial charge in [-0.05, 0) is 24.3 Å². The van der Waals surface area contributed by atoms with E-state index in [-0.39, 0.29) is 6.09 Å². The summed E-state index contributed by atoms with van der Waals surface area (Å²) in [6, 6.07) is 7.28. The van der Waals surface area contributed by atoms with E-state index in [1.54, 1.807) is 12.0 Å². The van der Waals surface area contributed by atoms with Crippen molar-refractivity contribution in [2.45, 2.75) is 6.42 Å². The third kappa shape index (κ3) is 2.00. The number of carbonyl (C=O) groups excluding carboxylic acids is 1. The molecule has 4 nitrogen and oxygen atoms in total. The van der Waals surface area contributed by atoms with Crippen molar-refractivity contribution in [1.82, 2.24) is 0 Å². The highest BCUT2D eigenvalue weighted by molar-refractivity contribution is 5.89. The summed E-state index contributed by atoms with van der Waals surface area (Å²) in [7, 11) is 1.61. The van der Waals surface area contributed by atoms with Gasteiger partial charge in [0.2, 0.25) is 0 Å². The van der Waals surface area contributed by atoms with Crippen molar-refractivity contribution < 1.29 is 14.3 Å². The smallest absolute Gasteiger partial charge is 0.419 e. The molecule has 1 amide bonds. The van der Waals surface area contributed by atoms with Crippen LogP contribution in [0, 0.1) is 0 Å². The summed E-state index contributed by atoms with van der Waals surface area (Å²) in [5.74, 6) is 1.29. The number of hydrogen-bond acceptors (Lipinski definition) is 3. The topological polar surface area (TPSA) is 38.8 Å². The van der Waals surface area contributed by atoms with Crippen LogP contribution >= 0.6 is 0 Å². The van der Waals surface area contributed by atoms with E-state index in [1.165, 1.54) is 0 Å². The van der Waals surface area contributed by atoms with Crippen LogP contribution < -0.4 is 9.64 Å². The number of cyclic esters (lactones) is 1. The molecule has 0 N–H and O–H groups in total. The quantitative estimate of drug-likeness (QED) is 0.767. The van der Waals surface area contributed by atoms with Gasteiger partial charge in [0.05, 0.1) is 7.11 Å². The number of hydrogen-bond donors (Lipinski definition) is 0. The van der Waals surface area contributed by atoms with Gasteiger partial charge in [-0.25, -0.2) is 4.79 Å². The Morgan fingerprint density at radius 2 is 2.06 bits per heavy atom. The normalized spacial score (nSPS) is 15.9. The number of benzene rings is 1. The first-order valence-electron chi connectivity index (χ1n) is 5.02. The summed E-state index contributed by atoms with van der Waals surface area (Å²) < 4.78 is 10.0. The zero-order valence-corrected chi connectivity index (χ0v) is 9.10. The van der Waals surface area contributed by atoms with E-state index in [1.807, 2.05) is 24.3 Å². The van der Waals surface area contributed by atoms with Gasteiger partial charge in [-0.1, -0.05) is 6.58 Å². The van der Waals surface area contributed by atoms with Gasteiger partial charge < -0.3 is 9.47 Å². The molecule has 1 aromatic rings. The van der Waals surface area contributed by atoms with Gasteiger partial charge in [-0.2, -0.15) is 0 Å². The molecule has 0 unspecified atom stereocenters. The lowest BCUT2D eigenvalue weighted by Gasteiger charge is -2.27. The first-order valence-corrected chi connectivity index (χ1v) is 5.02. The molecule has 1 saturated heterocycles. The zero-order valence-electron chi connectivity index (χ0n) is 9.10. The monoisotopic (exact) mass is 219 g/mol. The van der Waals surface area contributed by atoms with Crippen LogP contribution in [0.15, 0.2) is 36.6 Å². The van der Waals surface area contributed by atoms with Crippen LogP contribution in [0.3, 0.4) is 0 Å². The molecule has 16 heavy (non-hydrogen) atoms. The molecule has 0 radical (unpaired) electrons. The molecule has 0 atom stereocenters. The number of carbonyl (C=O) groups is 1. The lowest BCUT2D eigenvalue weighted by Crippen LogP contribution is -2.36. The molecule has 1 heterocycles. The number of nitrogens with zero attached hydrogens (tertiary/aromatic N) is 1. The molecule has 2 rings (SSSR count). The summed E-state index contributed by atoms with van der Waals surface area (Å²) in [5, 5.41) is 0. The molecule has 1 aliphatic heterocycles. The highest BCUT2D eigenvalue weighted by Gasteiger charge is 2.23. The van der Waals surface area contributed by atoms with Crippen molar-refractivity contribution in [2.24, 2.45) is 0 Å². The minimum absolute atomic E-state index is 0.374. The van der Waals surface area contributed by atoms with Crippen LogP contribution in [-0.2, 0) is 4.74 Å². The second-order valence-corrected chi connectivity index (χ2v) is 3.51. The van der Waals surface area contributed by atoms with E-state index >= 15 is 0 Å². The lowest BCUT2D eigenvalue weighted by molar-refractivity contribution is 0.172. The van der Waals surface area contributed by atoms with E-state index in [9.17, 15) is 4.79 Å². The molecule has 0 aromatic heterocycles. The first kappa shape index (κ1) is 10.5.